The van der Waals surface area contributed by atoms with Gasteiger partial charge in [-0.05, 0) is 37.0 Å². The van der Waals surface area contributed by atoms with Gasteiger partial charge in [-0.25, -0.2) is 0 Å². The highest BCUT2D eigenvalue weighted by atomic mass is 35.5. The van der Waals surface area contributed by atoms with Gasteiger partial charge in [0.1, 0.15) is 0 Å². The van der Waals surface area contributed by atoms with Crippen molar-refractivity contribution in [2.24, 2.45) is 0 Å². The molecule has 2 aliphatic rings. The van der Waals surface area contributed by atoms with Crippen molar-refractivity contribution in [1.82, 2.24) is 0 Å². The predicted molar refractivity (Wildman–Crippen MR) is 75.4 cm³/mol. The van der Waals surface area contributed by atoms with E-state index in [9.17, 15) is 4.79 Å². The first-order valence-electron chi connectivity index (χ1n) is 6.96. The van der Waals surface area contributed by atoms with Crippen LogP contribution in [0.3, 0.4) is 0 Å². The maximum Gasteiger partial charge on any atom is 0.224 e. The van der Waals surface area contributed by atoms with Gasteiger partial charge in [0, 0.05) is 22.7 Å². The quantitative estimate of drug-likeness (QED) is 0.916. The lowest BCUT2D eigenvalue weighted by atomic mass is 9.97. The van der Waals surface area contributed by atoms with Crippen LogP contribution in [-0.2, 0) is 22.6 Å². The van der Waals surface area contributed by atoms with Crippen molar-refractivity contribution in [3.63, 3.8) is 0 Å². The Kier molecular flexibility index (Phi) is 3.76. The Balaban J connectivity index is 1.79. The van der Waals surface area contributed by atoms with E-state index in [1.54, 1.807) is 0 Å². The predicted octanol–water partition coefficient (Wildman–Crippen LogP) is 3.68. The first-order chi connectivity index (χ1) is 9.24. The van der Waals surface area contributed by atoms with E-state index in [-0.39, 0.29) is 5.91 Å². The van der Waals surface area contributed by atoms with Gasteiger partial charge >= 0.3 is 0 Å². The number of ether oxygens (including phenoxy) is 1. The zero-order valence-corrected chi connectivity index (χ0v) is 11.6. The summed E-state index contributed by atoms with van der Waals surface area (Å²) in [4.78, 5) is 11.4. The number of carbonyl (C=O) groups excluding carboxylic acids is 1. The van der Waals surface area contributed by atoms with Crippen molar-refractivity contribution in [2.45, 2.75) is 51.2 Å². The Morgan fingerprint density at radius 1 is 1.26 bits per heavy atom. The summed E-state index contributed by atoms with van der Waals surface area (Å²) in [7, 11) is 0. The first kappa shape index (κ1) is 12.9. The normalized spacial score (nSPS) is 19.3. The molecule has 0 saturated heterocycles. The molecule has 1 aromatic rings. The molecule has 4 heteroatoms. The molecule has 1 aliphatic heterocycles. The van der Waals surface area contributed by atoms with E-state index in [2.05, 4.69) is 5.32 Å². The average Bonchev–Trinajstić information content (AvgIpc) is 2.91. The Bertz CT molecular complexity index is 495. The second kappa shape index (κ2) is 5.51. The lowest BCUT2D eigenvalue weighted by molar-refractivity contribution is -0.116. The fourth-order valence-electron chi connectivity index (χ4n) is 2.93. The summed E-state index contributed by atoms with van der Waals surface area (Å²) in [5.41, 5.74) is 3.09. The summed E-state index contributed by atoms with van der Waals surface area (Å²) in [6, 6.07) is 3.73. The minimum atomic E-state index is 0.0810. The fraction of sp³-hybridized carbons (Fsp3) is 0.533. The second-order valence-corrected chi connectivity index (χ2v) is 5.72. The van der Waals surface area contributed by atoms with E-state index < -0.39 is 0 Å². The summed E-state index contributed by atoms with van der Waals surface area (Å²) in [6.07, 6.45) is 6.51. The highest BCUT2D eigenvalue weighted by Gasteiger charge is 2.21. The van der Waals surface area contributed by atoms with Crippen LogP contribution in [0.1, 0.15) is 43.2 Å². The molecule has 19 heavy (non-hydrogen) atoms. The first-order valence-corrected chi connectivity index (χ1v) is 7.33. The summed E-state index contributed by atoms with van der Waals surface area (Å²) in [5.74, 6) is 0.0810. The second-order valence-electron chi connectivity index (χ2n) is 5.32. The molecular weight excluding hydrogens is 262 g/mol. The van der Waals surface area contributed by atoms with Crippen LogP contribution in [-0.4, -0.2) is 12.0 Å². The van der Waals surface area contributed by atoms with Gasteiger partial charge < -0.3 is 10.1 Å². The third-order valence-electron chi connectivity index (χ3n) is 4.02. The van der Waals surface area contributed by atoms with Gasteiger partial charge in [0.15, 0.2) is 0 Å². The van der Waals surface area contributed by atoms with E-state index in [0.717, 1.165) is 41.1 Å². The van der Waals surface area contributed by atoms with Gasteiger partial charge in [-0.3, -0.25) is 4.79 Å². The molecule has 102 valence electrons. The number of hydrogen-bond donors (Lipinski definition) is 1. The lowest BCUT2D eigenvalue weighted by Gasteiger charge is -2.22. The van der Waals surface area contributed by atoms with Crippen LogP contribution in [0.2, 0.25) is 5.02 Å². The zero-order chi connectivity index (χ0) is 13.2. The molecule has 0 bridgehead atoms. The fourth-order valence-corrected chi connectivity index (χ4v) is 3.16. The van der Waals surface area contributed by atoms with E-state index in [1.165, 1.54) is 12.8 Å². The minimum Gasteiger partial charge on any atom is -0.373 e. The molecule has 0 atom stereocenters. The van der Waals surface area contributed by atoms with Crippen LogP contribution in [0.4, 0.5) is 5.69 Å². The Labute approximate surface area is 118 Å². The Morgan fingerprint density at radius 3 is 2.84 bits per heavy atom. The average molecular weight is 280 g/mol. The molecule has 1 aromatic carbocycles. The highest BCUT2D eigenvalue weighted by molar-refractivity contribution is 6.31. The number of anilines is 1. The molecular formula is C15H18ClNO2. The van der Waals surface area contributed by atoms with Crippen LogP contribution in [0.15, 0.2) is 12.1 Å². The molecule has 0 unspecified atom stereocenters. The van der Waals surface area contributed by atoms with Crippen molar-refractivity contribution in [1.29, 1.82) is 0 Å². The molecule has 0 aromatic heterocycles. The van der Waals surface area contributed by atoms with Crippen LogP contribution >= 0.6 is 11.6 Å². The van der Waals surface area contributed by atoms with E-state index >= 15 is 0 Å². The van der Waals surface area contributed by atoms with Crippen molar-refractivity contribution >= 4 is 23.2 Å². The Hall–Kier alpha value is -1.06. The summed E-state index contributed by atoms with van der Waals surface area (Å²) < 4.78 is 5.97. The highest BCUT2D eigenvalue weighted by Crippen LogP contribution is 2.32. The lowest BCUT2D eigenvalue weighted by Crippen LogP contribution is -2.21. The molecule has 0 radical (unpaired) electrons. The maximum atomic E-state index is 11.4. The number of halogens is 1. The molecule has 1 heterocycles. The van der Waals surface area contributed by atoms with Gasteiger partial charge in [0.2, 0.25) is 5.91 Å². The number of benzene rings is 1. The zero-order valence-electron chi connectivity index (χ0n) is 10.9. The van der Waals surface area contributed by atoms with Gasteiger partial charge in [-0.1, -0.05) is 24.4 Å². The third kappa shape index (κ3) is 2.77. The molecule has 1 amide bonds. The molecule has 1 fully saturated rings. The summed E-state index contributed by atoms with van der Waals surface area (Å²) >= 11 is 6.29. The smallest absolute Gasteiger partial charge is 0.224 e. The number of amides is 1. The monoisotopic (exact) mass is 279 g/mol. The molecule has 1 N–H and O–H groups in total. The molecule has 3 rings (SSSR count). The van der Waals surface area contributed by atoms with Gasteiger partial charge in [-0.15, -0.1) is 0 Å². The van der Waals surface area contributed by atoms with E-state index in [4.69, 9.17) is 16.3 Å². The van der Waals surface area contributed by atoms with Crippen molar-refractivity contribution in [2.75, 3.05) is 5.32 Å². The third-order valence-corrected chi connectivity index (χ3v) is 4.37. The van der Waals surface area contributed by atoms with Crippen LogP contribution in [0, 0.1) is 0 Å². The Morgan fingerprint density at radius 2 is 2.05 bits per heavy atom. The SMILES string of the molecule is O=C1CCc2c(ccc(Cl)c2COC2CCCC2)N1. The molecule has 3 nitrogen and oxygen atoms in total. The van der Waals surface area contributed by atoms with Crippen molar-refractivity contribution < 1.29 is 9.53 Å². The van der Waals surface area contributed by atoms with Gasteiger partial charge in [0.05, 0.1) is 12.7 Å². The van der Waals surface area contributed by atoms with Gasteiger partial charge in [-0.2, -0.15) is 0 Å². The van der Waals surface area contributed by atoms with Crippen molar-refractivity contribution in [3.05, 3.63) is 28.3 Å². The number of rotatable bonds is 3. The van der Waals surface area contributed by atoms with Gasteiger partial charge in [0.25, 0.3) is 0 Å². The molecule has 1 saturated carbocycles. The van der Waals surface area contributed by atoms with E-state index in [0.29, 0.717) is 19.1 Å². The van der Waals surface area contributed by atoms with E-state index in [1.807, 2.05) is 12.1 Å². The molecule has 1 aliphatic carbocycles. The number of fused-ring (bicyclic) bond motifs is 1. The number of hydrogen-bond acceptors (Lipinski definition) is 2. The number of carbonyl (C=O) groups is 1. The van der Waals surface area contributed by atoms with Crippen LogP contribution < -0.4 is 5.32 Å². The largest absolute Gasteiger partial charge is 0.373 e. The number of nitrogens with one attached hydrogen (secondary N) is 1. The molecule has 0 spiro atoms. The topological polar surface area (TPSA) is 38.3 Å². The summed E-state index contributed by atoms with van der Waals surface area (Å²) in [6.45, 7) is 0.558. The summed E-state index contributed by atoms with van der Waals surface area (Å²) in [5, 5.41) is 3.65. The van der Waals surface area contributed by atoms with Crippen LogP contribution in [0.5, 0.6) is 0 Å². The maximum absolute atomic E-state index is 11.4. The standard InChI is InChI=1S/C15H18ClNO2/c16-13-6-7-14-11(5-8-15(18)17-14)12(13)9-19-10-3-1-2-4-10/h6-7,10H,1-5,8-9H2,(H,17,18). The minimum absolute atomic E-state index is 0.0810. The van der Waals surface area contributed by atoms with Crippen LogP contribution in [0.25, 0.3) is 0 Å². The van der Waals surface area contributed by atoms with Crippen molar-refractivity contribution in [3.8, 4) is 0 Å².